The lowest BCUT2D eigenvalue weighted by Crippen LogP contribution is -2.40. The Bertz CT molecular complexity index is 945. The molecule has 2 heterocycles. The van der Waals surface area contributed by atoms with Crippen LogP contribution in [-0.4, -0.2) is 56.0 Å². The number of aromatic amines is 1. The highest BCUT2D eigenvalue weighted by Gasteiger charge is 2.30. The molecule has 1 aromatic heterocycles. The van der Waals surface area contributed by atoms with Crippen LogP contribution in [-0.2, 0) is 4.74 Å². The molecule has 28 heavy (non-hydrogen) atoms. The number of carbonyl (C=O) groups excluding carboxylic acids is 1. The van der Waals surface area contributed by atoms with E-state index >= 15 is 0 Å². The van der Waals surface area contributed by atoms with Gasteiger partial charge in [0.2, 0.25) is 0 Å². The molecule has 0 bridgehead atoms. The zero-order chi connectivity index (χ0) is 20.5. The lowest BCUT2D eigenvalue weighted by Gasteiger charge is -2.22. The van der Waals surface area contributed by atoms with Gasteiger partial charge in [-0.2, -0.15) is 4.68 Å². The number of amides is 1. The van der Waals surface area contributed by atoms with Crippen LogP contribution in [0.2, 0.25) is 0 Å². The molecule has 0 spiro atoms. The van der Waals surface area contributed by atoms with Crippen molar-refractivity contribution in [1.82, 2.24) is 25.5 Å². The second-order valence-corrected chi connectivity index (χ2v) is 7.43. The number of carbonyl (C=O) groups is 1. The van der Waals surface area contributed by atoms with E-state index in [9.17, 15) is 19.7 Å². The lowest BCUT2D eigenvalue weighted by molar-refractivity contribution is -0.384. The average molecular weight is 391 g/mol. The number of hydrogen-bond donors (Lipinski definition) is 2. The SMILES string of the molecule is CC(C)(C)OC(=O)N[C@H]1CCN(c2cc(-n3nn[nH]c3=O)ccc2[N+](=O)[O-])C1. The number of hydrogen-bond acceptors (Lipinski definition) is 8. The molecule has 1 amide bonds. The molecule has 3 rings (SSSR count). The van der Waals surface area contributed by atoms with Gasteiger partial charge >= 0.3 is 11.8 Å². The maximum atomic E-state index is 12.0. The molecule has 150 valence electrons. The van der Waals surface area contributed by atoms with Gasteiger partial charge < -0.3 is 15.0 Å². The number of rotatable bonds is 4. The van der Waals surface area contributed by atoms with Gasteiger partial charge in [-0.3, -0.25) is 10.1 Å². The molecule has 0 saturated carbocycles. The van der Waals surface area contributed by atoms with E-state index in [1.807, 2.05) is 0 Å². The summed E-state index contributed by atoms with van der Waals surface area (Å²) < 4.78 is 6.26. The van der Waals surface area contributed by atoms with E-state index in [0.29, 0.717) is 30.9 Å². The minimum Gasteiger partial charge on any atom is -0.444 e. The fourth-order valence-electron chi connectivity index (χ4n) is 2.99. The smallest absolute Gasteiger partial charge is 0.407 e. The topological polar surface area (TPSA) is 148 Å². The maximum absolute atomic E-state index is 12.0. The third kappa shape index (κ3) is 4.27. The Morgan fingerprint density at radius 2 is 2.18 bits per heavy atom. The molecular formula is C16H21N7O5. The largest absolute Gasteiger partial charge is 0.444 e. The summed E-state index contributed by atoms with van der Waals surface area (Å²) in [6.07, 6.45) is 0.0709. The highest BCUT2D eigenvalue weighted by atomic mass is 16.6. The first-order valence-corrected chi connectivity index (χ1v) is 8.68. The van der Waals surface area contributed by atoms with Crippen LogP contribution in [0.25, 0.3) is 5.69 Å². The van der Waals surface area contributed by atoms with E-state index in [2.05, 4.69) is 20.8 Å². The van der Waals surface area contributed by atoms with Crippen molar-refractivity contribution in [3.63, 3.8) is 0 Å². The summed E-state index contributed by atoms with van der Waals surface area (Å²) in [6.45, 7) is 6.19. The average Bonchev–Trinajstić information content (AvgIpc) is 3.21. The Balaban J connectivity index is 1.81. The number of H-pyrrole nitrogens is 1. The minimum atomic E-state index is -0.611. The van der Waals surface area contributed by atoms with Crippen molar-refractivity contribution >= 4 is 17.5 Å². The first-order chi connectivity index (χ1) is 13.1. The normalized spacial score (nSPS) is 16.8. The summed E-state index contributed by atoms with van der Waals surface area (Å²) in [7, 11) is 0. The van der Waals surface area contributed by atoms with Crippen molar-refractivity contribution in [1.29, 1.82) is 0 Å². The van der Waals surface area contributed by atoms with Gasteiger partial charge in [0, 0.05) is 19.2 Å². The summed E-state index contributed by atoms with van der Waals surface area (Å²) in [6, 6.07) is 4.05. The van der Waals surface area contributed by atoms with Crippen LogP contribution < -0.4 is 15.9 Å². The second kappa shape index (κ2) is 7.29. The lowest BCUT2D eigenvalue weighted by atomic mass is 10.2. The molecule has 1 atom stereocenters. The number of nitrogens with one attached hydrogen (secondary N) is 2. The molecule has 2 aromatic rings. The molecule has 1 aromatic carbocycles. The van der Waals surface area contributed by atoms with Gasteiger partial charge in [0.15, 0.2) is 0 Å². The van der Waals surface area contributed by atoms with Gasteiger partial charge in [-0.15, -0.1) is 0 Å². The van der Waals surface area contributed by atoms with E-state index in [-0.39, 0.29) is 11.7 Å². The number of benzene rings is 1. The molecular weight excluding hydrogens is 370 g/mol. The maximum Gasteiger partial charge on any atom is 0.407 e. The van der Waals surface area contributed by atoms with E-state index in [1.54, 1.807) is 25.7 Å². The van der Waals surface area contributed by atoms with Crippen molar-refractivity contribution in [2.45, 2.75) is 38.8 Å². The van der Waals surface area contributed by atoms with Crippen LogP contribution in [0.15, 0.2) is 23.0 Å². The van der Waals surface area contributed by atoms with Gasteiger partial charge in [-0.05, 0) is 49.8 Å². The molecule has 2 N–H and O–H groups in total. The van der Waals surface area contributed by atoms with Crippen molar-refractivity contribution in [3.8, 4) is 5.69 Å². The van der Waals surface area contributed by atoms with Crippen molar-refractivity contribution in [2.75, 3.05) is 18.0 Å². The molecule has 1 aliphatic heterocycles. The number of nitro groups is 1. The number of anilines is 1. The van der Waals surface area contributed by atoms with E-state index in [4.69, 9.17) is 4.74 Å². The Hall–Kier alpha value is -3.44. The van der Waals surface area contributed by atoms with Crippen molar-refractivity contribution in [3.05, 3.63) is 38.8 Å². The molecule has 0 aliphatic carbocycles. The zero-order valence-electron chi connectivity index (χ0n) is 15.7. The monoisotopic (exact) mass is 391 g/mol. The van der Waals surface area contributed by atoms with Gasteiger partial charge in [-0.25, -0.2) is 14.7 Å². The highest BCUT2D eigenvalue weighted by molar-refractivity contribution is 5.70. The van der Waals surface area contributed by atoms with Crippen LogP contribution in [0.5, 0.6) is 0 Å². The predicted molar refractivity (Wildman–Crippen MR) is 98.6 cm³/mol. The van der Waals surface area contributed by atoms with Gasteiger partial charge in [0.05, 0.1) is 16.7 Å². The van der Waals surface area contributed by atoms with Crippen LogP contribution in [0.3, 0.4) is 0 Å². The quantitative estimate of drug-likeness (QED) is 0.578. The Morgan fingerprint density at radius 1 is 1.43 bits per heavy atom. The standard InChI is InChI=1S/C16H21N7O5/c1-16(2,3)28-15(25)17-10-6-7-21(9-10)13-8-11(4-5-12(13)23(26)27)22-14(24)18-19-20-22/h4-5,8,10H,6-7,9H2,1-3H3,(H,17,25)(H,18,20,24)/t10-/m0/s1. The molecule has 0 radical (unpaired) electrons. The van der Waals surface area contributed by atoms with Gasteiger partial charge in [0.1, 0.15) is 11.3 Å². The summed E-state index contributed by atoms with van der Waals surface area (Å²) in [5.41, 5.74) is -0.571. The second-order valence-electron chi connectivity index (χ2n) is 7.43. The Labute approximate surface area is 159 Å². The number of ether oxygens (including phenoxy) is 1. The number of nitrogens with zero attached hydrogens (tertiary/aromatic N) is 5. The first-order valence-electron chi connectivity index (χ1n) is 8.68. The third-order valence-corrected chi connectivity index (χ3v) is 4.12. The fourth-order valence-corrected chi connectivity index (χ4v) is 2.99. The summed E-state index contributed by atoms with van der Waals surface area (Å²) in [5, 5.41) is 23.5. The van der Waals surface area contributed by atoms with Crippen molar-refractivity contribution < 1.29 is 14.5 Å². The third-order valence-electron chi connectivity index (χ3n) is 4.12. The van der Waals surface area contributed by atoms with E-state index in [0.717, 1.165) is 4.68 Å². The van der Waals surface area contributed by atoms with E-state index in [1.165, 1.54) is 18.2 Å². The van der Waals surface area contributed by atoms with Crippen LogP contribution >= 0.6 is 0 Å². The van der Waals surface area contributed by atoms with Gasteiger partial charge in [-0.1, -0.05) is 0 Å². The zero-order valence-corrected chi connectivity index (χ0v) is 15.7. The molecule has 12 heteroatoms. The molecule has 0 unspecified atom stereocenters. The van der Waals surface area contributed by atoms with Crippen LogP contribution in [0.1, 0.15) is 27.2 Å². The summed E-state index contributed by atoms with van der Waals surface area (Å²) in [4.78, 5) is 36.4. The van der Waals surface area contributed by atoms with Gasteiger partial charge in [0.25, 0.3) is 5.69 Å². The number of alkyl carbamates (subject to hydrolysis) is 1. The Kier molecular flexibility index (Phi) is 5.03. The first kappa shape index (κ1) is 19.3. The number of aromatic nitrogens is 4. The molecule has 12 nitrogen and oxygen atoms in total. The summed E-state index contributed by atoms with van der Waals surface area (Å²) in [5.74, 6) is 0. The molecule has 1 fully saturated rings. The van der Waals surface area contributed by atoms with Crippen molar-refractivity contribution in [2.24, 2.45) is 0 Å². The predicted octanol–water partition coefficient (Wildman–Crippen LogP) is 0.967. The molecule has 1 saturated heterocycles. The van der Waals surface area contributed by atoms with Crippen LogP contribution in [0.4, 0.5) is 16.2 Å². The fraction of sp³-hybridized carbons (Fsp3) is 0.500. The van der Waals surface area contributed by atoms with E-state index < -0.39 is 22.3 Å². The Morgan fingerprint density at radius 3 is 2.79 bits per heavy atom. The number of nitro benzene ring substituents is 1. The number of tetrazole rings is 1. The van der Waals surface area contributed by atoms with Crippen LogP contribution in [0, 0.1) is 10.1 Å². The molecule has 1 aliphatic rings. The minimum absolute atomic E-state index is 0.0989. The summed E-state index contributed by atoms with van der Waals surface area (Å²) >= 11 is 0. The highest BCUT2D eigenvalue weighted by Crippen LogP contribution is 2.32.